The molecule has 0 aliphatic rings. The highest BCUT2D eigenvalue weighted by atomic mass is 16.3. The minimum atomic E-state index is -0.179. The van der Waals surface area contributed by atoms with E-state index in [0.29, 0.717) is 5.56 Å². The van der Waals surface area contributed by atoms with Gasteiger partial charge in [0.1, 0.15) is 0 Å². The first-order chi connectivity index (χ1) is 10.6. The van der Waals surface area contributed by atoms with Gasteiger partial charge in [0.2, 0.25) is 0 Å². The number of hydrogen-bond donors (Lipinski definition) is 3. The first-order valence-corrected chi connectivity index (χ1v) is 7.43. The molecule has 4 nitrogen and oxygen atoms in total. The first kappa shape index (κ1) is 16.0. The lowest BCUT2D eigenvalue weighted by molar-refractivity contribution is 0.0945. The van der Waals surface area contributed by atoms with Crippen molar-refractivity contribution in [3.05, 3.63) is 65.2 Å². The van der Waals surface area contributed by atoms with Gasteiger partial charge < -0.3 is 15.7 Å². The van der Waals surface area contributed by atoms with Crippen molar-refractivity contribution >= 4 is 11.6 Å². The Morgan fingerprint density at radius 1 is 1.18 bits per heavy atom. The van der Waals surface area contributed by atoms with Gasteiger partial charge >= 0.3 is 0 Å². The molecule has 0 aromatic heterocycles. The van der Waals surface area contributed by atoms with Crippen molar-refractivity contribution in [2.24, 2.45) is 0 Å². The summed E-state index contributed by atoms with van der Waals surface area (Å²) in [6, 6.07) is 15.8. The van der Waals surface area contributed by atoms with Crippen LogP contribution >= 0.6 is 0 Å². The van der Waals surface area contributed by atoms with Crippen LogP contribution in [-0.4, -0.2) is 24.2 Å². The van der Waals surface area contributed by atoms with E-state index >= 15 is 0 Å². The summed E-state index contributed by atoms with van der Waals surface area (Å²) in [5.41, 5.74) is 3.94. The van der Waals surface area contributed by atoms with Crippen molar-refractivity contribution in [2.45, 2.75) is 19.9 Å². The van der Waals surface area contributed by atoms with Gasteiger partial charge in [-0.15, -0.1) is 0 Å². The van der Waals surface area contributed by atoms with Crippen LogP contribution in [0.3, 0.4) is 0 Å². The normalized spacial score (nSPS) is 11.8. The molecule has 2 aromatic rings. The van der Waals surface area contributed by atoms with E-state index in [1.54, 1.807) is 6.07 Å². The van der Waals surface area contributed by atoms with Gasteiger partial charge in [0.25, 0.3) is 5.91 Å². The monoisotopic (exact) mass is 298 g/mol. The number of aryl methyl sites for hydroxylation is 1. The number of rotatable bonds is 6. The van der Waals surface area contributed by atoms with Gasteiger partial charge in [-0.25, -0.2) is 0 Å². The van der Waals surface area contributed by atoms with Gasteiger partial charge in [0, 0.05) is 23.8 Å². The second kappa shape index (κ2) is 7.61. The number of amides is 1. The van der Waals surface area contributed by atoms with Crippen LogP contribution in [0, 0.1) is 6.92 Å². The molecule has 1 unspecified atom stereocenters. The molecule has 1 amide bonds. The topological polar surface area (TPSA) is 61.4 Å². The van der Waals surface area contributed by atoms with Crippen LogP contribution in [-0.2, 0) is 0 Å². The van der Waals surface area contributed by atoms with E-state index in [0.717, 1.165) is 5.69 Å². The average Bonchev–Trinajstić information content (AvgIpc) is 2.53. The number of benzene rings is 2. The molecule has 4 heteroatoms. The second-order valence-corrected chi connectivity index (χ2v) is 5.28. The number of aliphatic hydroxyl groups excluding tert-OH is 1. The molecule has 0 bridgehead atoms. The first-order valence-electron chi connectivity index (χ1n) is 7.43. The molecule has 0 spiro atoms. The summed E-state index contributed by atoms with van der Waals surface area (Å²) < 4.78 is 0. The highest BCUT2D eigenvalue weighted by Gasteiger charge is 2.09. The van der Waals surface area contributed by atoms with E-state index in [9.17, 15) is 4.79 Å². The van der Waals surface area contributed by atoms with Crippen LogP contribution in [0.15, 0.2) is 48.5 Å². The Morgan fingerprint density at radius 2 is 1.95 bits per heavy atom. The fourth-order valence-corrected chi connectivity index (χ4v) is 2.42. The predicted octanol–water partition coefficient (Wildman–Crippen LogP) is 2.89. The number of nitrogens with one attached hydrogen (secondary N) is 2. The highest BCUT2D eigenvalue weighted by Crippen LogP contribution is 2.22. The minimum absolute atomic E-state index is 0.0615. The molecule has 22 heavy (non-hydrogen) atoms. The van der Waals surface area contributed by atoms with E-state index in [-0.39, 0.29) is 25.1 Å². The quantitative estimate of drug-likeness (QED) is 0.768. The number of hydrogen-bond acceptors (Lipinski definition) is 3. The number of carbonyl (C=O) groups is 1. The van der Waals surface area contributed by atoms with E-state index < -0.39 is 0 Å². The minimum Gasteiger partial charge on any atom is -0.395 e. The standard InChI is InChI=1S/C18H22N2O2/c1-13-6-3-4-9-17(13)14(2)20-16-8-5-7-15(12-16)18(22)19-10-11-21/h3-9,12,14,20-21H,10-11H2,1-2H3,(H,19,22). The van der Waals surface area contributed by atoms with Crippen LogP contribution in [0.1, 0.15) is 34.5 Å². The third kappa shape index (κ3) is 4.09. The summed E-state index contributed by atoms with van der Waals surface area (Å²) >= 11 is 0. The molecular formula is C18H22N2O2. The van der Waals surface area contributed by atoms with E-state index in [4.69, 9.17) is 5.11 Å². The highest BCUT2D eigenvalue weighted by molar-refractivity contribution is 5.95. The third-order valence-corrected chi connectivity index (χ3v) is 3.56. The van der Waals surface area contributed by atoms with Gasteiger partial charge in [-0.2, -0.15) is 0 Å². The fraction of sp³-hybridized carbons (Fsp3) is 0.278. The number of carbonyl (C=O) groups excluding carboxylic acids is 1. The van der Waals surface area contributed by atoms with Crippen molar-refractivity contribution in [2.75, 3.05) is 18.5 Å². The molecule has 0 aliphatic heterocycles. The van der Waals surface area contributed by atoms with Crippen molar-refractivity contribution in [1.29, 1.82) is 0 Å². The van der Waals surface area contributed by atoms with Crippen LogP contribution < -0.4 is 10.6 Å². The molecular weight excluding hydrogens is 276 g/mol. The molecule has 2 aromatic carbocycles. The molecule has 0 heterocycles. The molecule has 116 valence electrons. The fourth-order valence-electron chi connectivity index (χ4n) is 2.42. The zero-order valence-corrected chi connectivity index (χ0v) is 13.0. The lowest BCUT2D eigenvalue weighted by Gasteiger charge is -2.18. The number of aliphatic hydroxyl groups is 1. The molecule has 0 saturated carbocycles. The second-order valence-electron chi connectivity index (χ2n) is 5.28. The maximum Gasteiger partial charge on any atom is 0.251 e. The lowest BCUT2D eigenvalue weighted by Crippen LogP contribution is -2.26. The average molecular weight is 298 g/mol. The Morgan fingerprint density at radius 3 is 2.68 bits per heavy atom. The summed E-state index contributed by atoms with van der Waals surface area (Å²) in [5.74, 6) is -0.179. The van der Waals surface area contributed by atoms with Crippen LogP contribution in [0.25, 0.3) is 0 Å². The zero-order chi connectivity index (χ0) is 15.9. The Labute approximate surface area is 131 Å². The van der Waals surface area contributed by atoms with Crippen LogP contribution in [0.2, 0.25) is 0 Å². The van der Waals surface area contributed by atoms with Gasteiger partial charge in [-0.3, -0.25) is 4.79 Å². The SMILES string of the molecule is Cc1ccccc1C(C)Nc1cccc(C(=O)NCCO)c1. The molecule has 0 radical (unpaired) electrons. The van der Waals surface area contributed by atoms with E-state index in [2.05, 4.69) is 36.6 Å². The molecule has 1 atom stereocenters. The Kier molecular flexibility index (Phi) is 5.55. The molecule has 3 N–H and O–H groups in total. The maximum atomic E-state index is 11.9. The van der Waals surface area contributed by atoms with E-state index in [1.807, 2.05) is 30.3 Å². The predicted molar refractivity (Wildman–Crippen MR) is 89.1 cm³/mol. The van der Waals surface area contributed by atoms with Gasteiger partial charge in [-0.1, -0.05) is 30.3 Å². The van der Waals surface area contributed by atoms with Crippen molar-refractivity contribution in [1.82, 2.24) is 5.32 Å². The smallest absolute Gasteiger partial charge is 0.251 e. The lowest BCUT2D eigenvalue weighted by atomic mass is 10.0. The molecule has 0 saturated heterocycles. The summed E-state index contributed by atoms with van der Waals surface area (Å²) in [4.78, 5) is 11.9. The van der Waals surface area contributed by atoms with E-state index in [1.165, 1.54) is 11.1 Å². The van der Waals surface area contributed by atoms with Gasteiger partial charge in [-0.05, 0) is 43.2 Å². The Balaban J connectivity index is 2.10. The zero-order valence-electron chi connectivity index (χ0n) is 13.0. The van der Waals surface area contributed by atoms with Crippen LogP contribution in [0.5, 0.6) is 0 Å². The largest absolute Gasteiger partial charge is 0.395 e. The van der Waals surface area contributed by atoms with Gasteiger partial charge in [0.15, 0.2) is 0 Å². The summed E-state index contributed by atoms with van der Waals surface area (Å²) in [5, 5.41) is 14.8. The summed E-state index contributed by atoms with van der Waals surface area (Å²) in [7, 11) is 0. The molecule has 0 aliphatic carbocycles. The van der Waals surface area contributed by atoms with Crippen LogP contribution in [0.4, 0.5) is 5.69 Å². The Bertz CT molecular complexity index is 640. The maximum absolute atomic E-state index is 11.9. The van der Waals surface area contributed by atoms with Gasteiger partial charge in [0.05, 0.1) is 6.61 Å². The van der Waals surface area contributed by atoms with Crippen molar-refractivity contribution < 1.29 is 9.90 Å². The molecule has 0 fully saturated rings. The van der Waals surface area contributed by atoms with Crippen molar-refractivity contribution in [3.8, 4) is 0 Å². The Hall–Kier alpha value is -2.33. The van der Waals surface area contributed by atoms with Crippen molar-refractivity contribution in [3.63, 3.8) is 0 Å². The summed E-state index contributed by atoms with van der Waals surface area (Å²) in [6.45, 7) is 4.39. The third-order valence-electron chi connectivity index (χ3n) is 3.56. The summed E-state index contributed by atoms with van der Waals surface area (Å²) in [6.07, 6.45) is 0. The number of anilines is 1. The molecule has 2 rings (SSSR count).